The molecule has 1 aliphatic rings. The third-order valence-electron chi connectivity index (χ3n) is 4.71. The van der Waals surface area contributed by atoms with Crippen molar-refractivity contribution in [3.63, 3.8) is 0 Å². The zero-order valence-corrected chi connectivity index (χ0v) is 14.2. The molecule has 1 saturated heterocycles. The molecule has 3 aromatic rings. The Labute approximate surface area is 147 Å². The zero-order chi connectivity index (χ0) is 16.4. The SMILES string of the molecule is Clc1ccc(-c2cc(N3CCCC3Cc3ccccc3)n[nH]2)cc1. The highest BCUT2D eigenvalue weighted by atomic mass is 35.5. The van der Waals surface area contributed by atoms with E-state index in [4.69, 9.17) is 11.6 Å². The monoisotopic (exact) mass is 337 g/mol. The maximum Gasteiger partial charge on any atom is 0.151 e. The van der Waals surface area contributed by atoms with Gasteiger partial charge in [0.2, 0.25) is 0 Å². The smallest absolute Gasteiger partial charge is 0.151 e. The minimum atomic E-state index is 0.522. The van der Waals surface area contributed by atoms with Gasteiger partial charge >= 0.3 is 0 Å². The quantitative estimate of drug-likeness (QED) is 0.731. The Morgan fingerprint density at radius 2 is 1.88 bits per heavy atom. The van der Waals surface area contributed by atoms with E-state index in [9.17, 15) is 0 Å². The molecule has 0 radical (unpaired) electrons. The number of benzene rings is 2. The van der Waals surface area contributed by atoms with E-state index >= 15 is 0 Å². The molecular formula is C20H20ClN3. The van der Waals surface area contributed by atoms with Crippen LogP contribution in [0.5, 0.6) is 0 Å². The van der Waals surface area contributed by atoms with Crippen LogP contribution in [0.1, 0.15) is 18.4 Å². The van der Waals surface area contributed by atoms with E-state index in [2.05, 4.69) is 51.5 Å². The van der Waals surface area contributed by atoms with E-state index < -0.39 is 0 Å². The van der Waals surface area contributed by atoms with Crippen molar-refractivity contribution in [2.75, 3.05) is 11.4 Å². The molecule has 2 heterocycles. The summed E-state index contributed by atoms with van der Waals surface area (Å²) in [7, 11) is 0. The molecule has 0 amide bonds. The van der Waals surface area contributed by atoms with E-state index in [1.54, 1.807) is 0 Å². The number of nitrogens with zero attached hydrogens (tertiary/aromatic N) is 2. The van der Waals surface area contributed by atoms with Crippen molar-refractivity contribution in [1.82, 2.24) is 10.2 Å². The van der Waals surface area contributed by atoms with Crippen LogP contribution in [0.3, 0.4) is 0 Å². The van der Waals surface area contributed by atoms with Gasteiger partial charge in [-0.05, 0) is 42.5 Å². The minimum absolute atomic E-state index is 0.522. The van der Waals surface area contributed by atoms with Crippen molar-refractivity contribution in [2.24, 2.45) is 0 Å². The molecule has 4 heteroatoms. The molecule has 3 nitrogen and oxygen atoms in total. The van der Waals surface area contributed by atoms with E-state index in [0.717, 1.165) is 35.1 Å². The van der Waals surface area contributed by atoms with Crippen LogP contribution in [0.15, 0.2) is 60.7 Å². The second-order valence-corrected chi connectivity index (χ2v) is 6.76. The summed E-state index contributed by atoms with van der Waals surface area (Å²) in [6, 6.07) is 21.2. The minimum Gasteiger partial charge on any atom is -0.352 e. The first-order valence-corrected chi connectivity index (χ1v) is 8.79. The average Bonchev–Trinajstić information content (AvgIpc) is 3.25. The van der Waals surface area contributed by atoms with Crippen molar-refractivity contribution in [3.8, 4) is 11.3 Å². The Kier molecular flexibility index (Phi) is 4.26. The number of halogens is 1. The summed E-state index contributed by atoms with van der Waals surface area (Å²) in [5.74, 6) is 1.04. The third-order valence-corrected chi connectivity index (χ3v) is 4.96. The van der Waals surface area contributed by atoms with E-state index in [1.807, 2.05) is 24.3 Å². The fourth-order valence-corrected chi connectivity index (χ4v) is 3.60. The molecule has 0 spiro atoms. The van der Waals surface area contributed by atoms with Gasteiger partial charge in [0.15, 0.2) is 5.82 Å². The summed E-state index contributed by atoms with van der Waals surface area (Å²) in [6.07, 6.45) is 3.52. The number of hydrogen-bond acceptors (Lipinski definition) is 2. The molecule has 0 bridgehead atoms. The molecule has 122 valence electrons. The summed E-state index contributed by atoms with van der Waals surface area (Å²) in [5, 5.41) is 8.48. The van der Waals surface area contributed by atoms with Crippen molar-refractivity contribution in [2.45, 2.75) is 25.3 Å². The van der Waals surface area contributed by atoms with Crippen LogP contribution >= 0.6 is 11.6 Å². The number of nitrogens with one attached hydrogen (secondary N) is 1. The Morgan fingerprint density at radius 3 is 2.67 bits per heavy atom. The van der Waals surface area contributed by atoms with Crippen LogP contribution in [0, 0.1) is 0 Å². The summed E-state index contributed by atoms with van der Waals surface area (Å²) in [5.41, 5.74) is 3.53. The average molecular weight is 338 g/mol. The van der Waals surface area contributed by atoms with Gasteiger partial charge in [0, 0.05) is 23.7 Å². The summed E-state index contributed by atoms with van der Waals surface area (Å²) >= 11 is 5.97. The van der Waals surface area contributed by atoms with Gasteiger partial charge in [0.1, 0.15) is 0 Å². The lowest BCUT2D eigenvalue weighted by Crippen LogP contribution is -2.31. The standard InChI is InChI=1S/C20H20ClN3/c21-17-10-8-16(9-11-17)19-14-20(23-22-19)24-12-4-7-18(24)13-15-5-2-1-3-6-15/h1-3,5-6,8-11,14,18H,4,7,12-13H2,(H,22,23). The van der Waals surface area contributed by atoms with Crippen molar-refractivity contribution < 1.29 is 0 Å². The molecular weight excluding hydrogens is 318 g/mol. The summed E-state index contributed by atoms with van der Waals surface area (Å²) in [6.45, 7) is 1.07. The lowest BCUT2D eigenvalue weighted by Gasteiger charge is -2.24. The highest BCUT2D eigenvalue weighted by molar-refractivity contribution is 6.30. The van der Waals surface area contributed by atoms with E-state index in [0.29, 0.717) is 6.04 Å². The molecule has 1 atom stereocenters. The first kappa shape index (κ1) is 15.3. The molecule has 2 aromatic carbocycles. The van der Waals surface area contributed by atoms with Crippen LogP contribution in [-0.2, 0) is 6.42 Å². The molecule has 4 rings (SSSR count). The molecule has 0 saturated carbocycles. The third kappa shape index (κ3) is 3.17. The lowest BCUT2D eigenvalue weighted by molar-refractivity contribution is 0.657. The maximum atomic E-state index is 5.97. The summed E-state index contributed by atoms with van der Waals surface area (Å²) in [4.78, 5) is 2.43. The van der Waals surface area contributed by atoms with E-state index in [1.165, 1.54) is 18.4 Å². The topological polar surface area (TPSA) is 31.9 Å². The van der Waals surface area contributed by atoms with Crippen LogP contribution in [0.25, 0.3) is 11.3 Å². The lowest BCUT2D eigenvalue weighted by atomic mass is 10.0. The van der Waals surface area contributed by atoms with Crippen LogP contribution in [-0.4, -0.2) is 22.8 Å². The van der Waals surface area contributed by atoms with Crippen LogP contribution in [0.2, 0.25) is 5.02 Å². The number of H-pyrrole nitrogens is 1. The van der Waals surface area contributed by atoms with E-state index in [-0.39, 0.29) is 0 Å². The number of aromatic amines is 1. The molecule has 0 aliphatic carbocycles. The van der Waals surface area contributed by atoms with Crippen molar-refractivity contribution in [1.29, 1.82) is 0 Å². The normalized spacial score (nSPS) is 17.4. The number of hydrogen-bond donors (Lipinski definition) is 1. The van der Waals surface area contributed by atoms with Gasteiger partial charge in [-0.3, -0.25) is 5.10 Å². The van der Waals surface area contributed by atoms with Gasteiger partial charge in [-0.1, -0.05) is 54.1 Å². The van der Waals surface area contributed by atoms with Gasteiger partial charge in [-0.15, -0.1) is 0 Å². The predicted octanol–water partition coefficient (Wildman–Crippen LogP) is 4.94. The molecule has 24 heavy (non-hydrogen) atoms. The zero-order valence-electron chi connectivity index (χ0n) is 13.5. The first-order valence-electron chi connectivity index (χ1n) is 8.41. The number of aromatic nitrogens is 2. The molecule has 1 fully saturated rings. The van der Waals surface area contributed by atoms with Gasteiger partial charge in [0.25, 0.3) is 0 Å². The number of rotatable bonds is 4. The highest BCUT2D eigenvalue weighted by Crippen LogP contribution is 2.29. The number of anilines is 1. The summed E-state index contributed by atoms with van der Waals surface area (Å²) < 4.78 is 0. The van der Waals surface area contributed by atoms with Gasteiger partial charge in [-0.2, -0.15) is 5.10 Å². The maximum absolute atomic E-state index is 5.97. The largest absolute Gasteiger partial charge is 0.352 e. The Bertz CT molecular complexity index is 795. The second-order valence-electron chi connectivity index (χ2n) is 6.33. The van der Waals surface area contributed by atoms with Crippen molar-refractivity contribution in [3.05, 3.63) is 71.2 Å². The van der Waals surface area contributed by atoms with Gasteiger partial charge < -0.3 is 4.90 Å². The molecule has 1 aromatic heterocycles. The fraction of sp³-hybridized carbons (Fsp3) is 0.250. The molecule has 1 aliphatic heterocycles. The van der Waals surface area contributed by atoms with Crippen LogP contribution < -0.4 is 4.90 Å². The molecule has 1 unspecified atom stereocenters. The second kappa shape index (κ2) is 6.70. The predicted molar refractivity (Wildman–Crippen MR) is 99.5 cm³/mol. The Hall–Kier alpha value is -2.26. The van der Waals surface area contributed by atoms with Gasteiger partial charge in [0.05, 0.1) is 5.69 Å². The van der Waals surface area contributed by atoms with Crippen molar-refractivity contribution >= 4 is 17.4 Å². The molecule has 1 N–H and O–H groups in total. The first-order chi connectivity index (χ1) is 11.8. The van der Waals surface area contributed by atoms with Gasteiger partial charge in [-0.25, -0.2) is 0 Å². The Morgan fingerprint density at radius 1 is 1.08 bits per heavy atom. The highest BCUT2D eigenvalue weighted by Gasteiger charge is 2.26. The van der Waals surface area contributed by atoms with Crippen LogP contribution in [0.4, 0.5) is 5.82 Å². The fourth-order valence-electron chi connectivity index (χ4n) is 3.47. The Balaban J connectivity index is 1.53.